The Morgan fingerprint density at radius 3 is 2.95 bits per heavy atom. The summed E-state index contributed by atoms with van der Waals surface area (Å²) in [4.78, 5) is 4.45. The molecule has 4 heteroatoms. The van der Waals surface area contributed by atoms with Crippen molar-refractivity contribution in [3.63, 3.8) is 0 Å². The maximum atomic E-state index is 6.08. The quantitative estimate of drug-likeness (QED) is 0.747. The van der Waals surface area contributed by atoms with Crippen LogP contribution in [0, 0.1) is 5.92 Å². The Kier molecular flexibility index (Phi) is 6.96. The van der Waals surface area contributed by atoms with Gasteiger partial charge in [0.25, 0.3) is 0 Å². The molecule has 1 aromatic rings. The Bertz CT molecular complexity index is 394. The monoisotopic (exact) mass is 292 g/mol. The Labute approximate surface area is 128 Å². The van der Waals surface area contributed by atoms with Crippen LogP contribution in [-0.2, 0) is 11.3 Å². The summed E-state index contributed by atoms with van der Waals surface area (Å²) in [6.45, 7) is 4.61. The van der Waals surface area contributed by atoms with Crippen molar-refractivity contribution in [1.29, 1.82) is 0 Å². The molecule has 2 atom stereocenters. The van der Waals surface area contributed by atoms with E-state index in [1.807, 2.05) is 18.3 Å². The van der Waals surface area contributed by atoms with Crippen LogP contribution in [0.15, 0.2) is 18.3 Å². The normalized spacial score (nSPS) is 22.2. The van der Waals surface area contributed by atoms with E-state index in [-0.39, 0.29) is 0 Å². The van der Waals surface area contributed by atoms with Gasteiger partial charge in [0, 0.05) is 20.2 Å². The molecule has 1 heterocycles. The first kappa shape index (κ1) is 16.2. The number of pyridine rings is 1. The second kappa shape index (κ2) is 9.00. The van der Waals surface area contributed by atoms with Crippen molar-refractivity contribution >= 4 is 0 Å². The molecule has 0 aromatic carbocycles. The molecule has 1 N–H and O–H groups in total. The lowest BCUT2D eigenvalue weighted by atomic mass is 9.85. The van der Waals surface area contributed by atoms with E-state index >= 15 is 0 Å². The summed E-state index contributed by atoms with van der Waals surface area (Å²) in [5.41, 5.74) is 1.04. The van der Waals surface area contributed by atoms with Crippen LogP contribution in [0.25, 0.3) is 0 Å². The lowest BCUT2D eigenvalue weighted by molar-refractivity contribution is 0.121. The second-order valence-corrected chi connectivity index (χ2v) is 5.84. The van der Waals surface area contributed by atoms with Gasteiger partial charge in [0.1, 0.15) is 5.75 Å². The van der Waals surface area contributed by atoms with Crippen LogP contribution in [0.2, 0.25) is 0 Å². The molecule has 1 aromatic heterocycles. The van der Waals surface area contributed by atoms with Crippen LogP contribution in [0.3, 0.4) is 0 Å². The molecule has 0 bridgehead atoms. The van der Waals surface area contributed by atoms with Crippen LogP contribution in [-0.4, -0.2) is 31.3 Å². The predicted molar refractivity (Wildman–Crippen MR) is 84.5 cm³/mol. The van der Waals surface area contributed by atoms with E-state index in [9.17, 15) is 0 Å². The fourth-order valence-corrected chi connectivity index (χ4v) is 2.89. The van der Waals surface area contributed by atoms with Crippen LogP contribution < -0.4 is 10.1 Å². The fourth-order valence-electron chi connectivity index (χ4n) is 2.89. The minimum absolute atomic E-state index is 0.371. The van der Waals surface area contributed by atoms with Gasteiger partial charge in [-0.2, -0.15) is 0 Å². The molecule has 1 saturated carbocycles. The Balaban J connectivity index is 1.76. The molecule has 118 valence electrons. The van der Waals surface area contributed by atoms with Gasteiger partial charge in [-0.1, -0.05) is 19.8 Å². The highest BCUT2D eigenvalue weighted by atomic mass is 16.5. The second-order valence-electron chi connectivity index (χ2n) is 5.84. The topological polar surface area (TPSA) is 43.4 Å². The van der Waals surface area contributed by atoms with Crippen molar-refractivity contribution in [2.24, 2.45) is 5.92 Å². The summed E-state index contributed by atoms with van der Waals surface area (Å²) in [5.74, 6) is 1.73. The van der Waals surface area contributed by atoms with Crippen molar-refractivity contribution < 1.29 is 9.47 Å². The zero-order valence-corrected chi connectivity index (χ0v) is 13.3. The van der Waals surface area contributed by atoms with E-state index in [1.165, 1.54) is 32.1 Å². The summed E-state index contributed by atoms with van der Waals surface area (Å²) in [6, 6.07) is 4.07. The summed E-state index contributed by atoms with van der Waals surface area (Å²) in [7, 11) is 1.71. The van der Waals surface area contributed by atoms with Crippen LogP contribution in [0.5, 0.6) is 5.75 Å². The number of nitrogens with one attached hydrogen (secondary N) is 1. The van der Waals surface area contributed by atoms with Crippen molar-refractivity contribution in [3.8, 4) is 5.75 Å². The van der Waals surface area contributed by atoms with Crippen molar-refractivity contribution in [2.45, 2.75) is 51.7 Å². The number of hydrogen-bond acceptors (Lipinski definition) is 4. The van der Waals surface area contributed by atoms with Crippen LogP contribution in [0.4, 0.5) is 0 Å². The highest BCUT2D eigenvalue weighted by Crippen LogP contribution is 2.29. The van der Waals surface area contributed by atoms with Crippen molar-refractivity contribution in [1.82, 2.24) is 10.3 Å². The minimum atomic E-state index is 0.371. The van der Waals surface area contributed by atoms with E-state index in [0.29, 0.717) is 6.10 Å². The molecule has 1 aliphatic carbocycles. The van der Waals surface area contributed by atoms with Gasteiger partial charge in [-0.3, -0.25) is 4.98 Å². The Morgan fingerprint density at radius 1 is 1.33 bits per heavy atom. The fraction of sp³-hybridized carbons (Fsp3) is 0.706. The zero-order valence-electron chi connectivity index (χ0n) is 13.3. The largest absolute Gasteiger partial charge is 0.489 e. The summed E-state index contributed by atoms with van der Waals surface area (Å²) in [5, 5.41) is 3.29. The third kappa shape index (κ3) is 5.64. The van der Waals surface area contributed by atoms with Gasteiger partial charge in [-0.25, -0.2) is 0 Å². The van der Waals surface area contributed by atoms with Gasteiger partial charge in [-0.05, 0) is 37.3 Å². The zero-order chi connectivity index (χ0) is 14.9. The average molecular weight is 292 g/mol. The maximum absolute atomic E-state index is 6.08. The van der Waals surface area contributed by atoms with E-state index in [4.69, 9.17) is 9.47 Å². The molecule has 2 rings (SSSR count). The molecular weight excluding hydrogens is 264 g/mol. The number of aromatic nitrogens is 1. The first-order valence-corrected chi connectivity index (χ1v) is 8.13. The highest BCUT2D eigenvalue weighted by Gasteiger charge is 2.22. The summed E-state index contributed by atoms with van der Waals surface area (Å²) in [6.07, 6.45) is 8.51. The lowest BCUT2D eigenvalue weighted by Crippen LogP contribution is -2.25. The first-order chi connectivity index (χ1) is 10.3. The van der Waals surface area contributed by atoms with Gasteiger partial charge >= 0.3 is 0 Å². The third-order valence-corrected chi connectivity index (χ3v) is 4.20. The Morgan fingerprint density at radius 2 is 2.24 bits per heavy atom. The molecule has 1 fully saturated rings. The summed E-state index contributed by atoms with van der Waals surface area (Å²) < 4.78 is 11.1. The SMILES string of the molecule is CCC1CCCC(Oc2ccc(CNCCOC)nc2)C1. The molecule has 0 radical (unpaired) electrons. The highest BCUT2D eigenvalue weighted by molar-refractivity contribution is 5.20. The van der Waals surface area contributed by atoms with E-state index < -0.39 is 0 Å². The average Bonchev–Trinajstić information content (AvgIpc) is 2.53. The van der Waals surface area contributed by atoms with Gasteiger partial charge < -0.3 is 14.8 Å². The molecule has 0 saturated heterocycles. The summed E-state index contributed by atoms with van der Waals surface area (Å²) >= 11 is 0. The Hall–Kier alpha value is -1.13. The molecule has 0 spiro atoms. The third-order valence-electron chi connectivity index (χ3n) is 4.20. The molecule has 0 aliphatic heterocycles. The number of ether oxygens (including phenoxy) is 2. The smallest absolute Gasteiger partial charge is 0.138 e. The lowest BCUT2D eigenvalue weighted by Gasteiger charge is -2.28. The molecule has 21 heavy (non-hydrogen) atoms. The van der Waals surface area contributed by atoms with Gasteiger partial charge in [-0.15, -0.1) is 0 Å². The van der Waals surface area contributed by atoms with Crippen LogP contribution in [0.1, 0.15) is 44.7 Å². The number of rotatable bonds is 8. The van der Waals surface area contributed by atoms with Gasteiger partial charge in [0.15, 0.2) is 0 Å². The first-order valence-electron chi connectivity index (χ1n) is 8.13. The molecule has 4 nitrogen and oxygen atoms in total. The number of methoxy groups -OCH3 is 1. The maximum Gasteiger partial charge on any atom is 0.138 e. The predicted octanol–water partition coefficient (Wildman–Crippen LogP) is 3.17. The standard InChI is InChI=1S/C17H28N2O2/c1-3-14-5-4-6-16(11-14)21-17-8-7-15(19-13-17)12-18-9-10-20-2/h7-8,13-14,16,18H,3-6,9-12H2,1-2H3. The van der Waals surface area contributed by atoms with E-state index in [2.05, 4.69) is 17.2 Å². The van der Waals surface area contributed by atoms with Gasteiger partial charge in [0.05, 0.1) is 24.6 Å². The van der Waals surface area contributed by atoms with E-state index in [0.717, 1.165) is 37.1 Å². The number of nitrogens with zero attached hydrogens (tertiary/aromatic N) is 1. The van der Waals surface area contributed by atoms with Crippen molar-refractivity contribution in [2.75, 3.05) is 20.3 Å². The molecule has 0 amide bonds. The van der Waals surface area contributed by atoms with E-state index in [1.54, 1.807) is 7.11 Å². The van der Waals surface area contributed by atoms with Gasteiger partial charge in [0.2, 0.25) is 0 Å². The van der Waals surface area contributed by atoms with Crippen LogP contribution >= 0.6 is 0 Å². The number of hydrogen-bond donors (Lipinski definition) is 1. The molecular formula is C17H28N2O2. The molecule has 2 unspecified atom stereocenters. The minimum Gasteiger partial charge on any atom is -0.489 e. The van der Waals surface area contributed by atoms with Crippen molar-refractivity contribution in [3.05, 3.63) is 24.0 Å². The molecule has 1 aliphatic rings.